The molecule has 0 N–H and O–H groups in total. The Bertz CT molecular complexity index is 373. The lowest BCUT2D eigenvalue weighted by Crippen LogP contribution is -2.05. The molecule has 1 saturated heterocycles. The van der Waals surface area contributed by atoms with Crippen LogP contribution in [-0.2, 0) is 11.2 Å². The standard InChI is InChI=1S/C13H16OS/c1-9-4-3-5-11(6-9)7-12-8-13(14)10(2)15-12/h3-6,10,12H,7-8H2,1-2H3. The van der Waals surface area contributed by atoms with Crippen LogP contribution in [0.15, 0.2) is 24.3 Å². The lowest BCUT2D eigenvalue weighted by atomic mass is 10.0. The maximum Gasteiger partial charge on any atom is 0.146 e. The normalized spacial score (nSPS) is 25.9. The van der Waals surface area contributed by atoms with Gasteiger partial charge in [-0.25, -0.2) is 0 Å². The van der Waals surface area contributed by atoms with Crippen molar-refractivity contribution in [2.24, 2.45) is 0 Å². The number of Topliss-reactive ketones (excluding diaryl/α,β-unsaturated/α-hetero) is 1. The Morgan fingerprint density at radius 3 is 2.87 bits per heavy atom. The maximum absolute atomic E-state index is 11.4. The van der Waals surface area contributed by atoms with Crippen molar-refractivity contribution in [3.05, 3.63) is 35.4 Å². The van der Waals surface area contributed by atoms with E-state index >= 15 is 0 Å². The molecule has 1 aromatic carbocycles. The minimum absolute atomic E-state index is 0.208. The van der Waals surface area contributed by atoms with Crippen molar-refractivity contribution >= 4 is 17.5 Å². The Balaban J connectivity index is 2.01. The second kappa shape index (κ2) is 4.40. The van der Waals surface area contributed by atoms with Crippen molar-refractivity contribution in [2.45, 2.75) is 37.2 Å². The van der Waals surface area contributed by atoms with Gasteiger partial charge < -0.3 is 0 Å². The highest BCUT2D eigenvalue weighted by atomic mass is 32.2. The molecular formula is C13H16OS. The van der Waals surface area contributed by atoms with Gasteiger partial charge >= 0.3 is 0 Å². The van der Waals surface area contributed by atoms with Gasteiger partial charge in [-0.15, -0.1) is 11.8 Å². The predicted molar refractivity (Wildman–Crippen MR) is 65.3 cm³/mol. The summed E-state index contributed by atoms with van der Waals surface area (Å²) in [5, 5.41) is 0.703. The van der Waals surface area contributed by atoms with Crippen molar-refractivity contribution in [1.82, 2.24) is 0 Å². The lowest BCUT2D eigenvalue weighted by Gasteiger charge is -2.08. The number of rotatable bonds is 2. The maximum atomic E-state index is 11.4. The zero-order chi connectivity index (χ0) is 10.8. The van der Waals surface area contributed by atoms with E-state index in [0.717, 1.165) is 12.8 Å². The first kappa shape index (κ1) is 10.7. The third-order valence-corrected chi connectivity index (χ3v) is 4.21. The average Bonchev–Trinajstić information content (AvgIpc) is 2.45. The molecule has 2 unspecified atom stereocenters. The highest BCUT2D eigenvalue weighted by Crippen LogP contribution is 2.32. The van der Waals surface area contributed by atoms with E-state index in [1.807, 2.05) is 18.7 Å². The summed E-state index contributed by atoms with van der Waals surface area (Å²) in [5.74, 6) is 0.414. The molecule has 15 heavy (non-hydrogen) atoms. The summed E-state index contributed by atoms with van der Waals surface area (Å²) < 4.78 is 0. The predicted octanol–water partition coefficient (Wildman–Crippen LogP) is 3.00. The van der Waals surface area contributed by atoms with Crippen LogP contribution in [0.3, 0.4) is 0 Å². The SMILES string of the molecule is Cc1cccc(CC2CC(=O)C(C)S2)c1. The van der Waals surface area contributed by atoms with Crippen molar-refractivity contribution in [3.63, 3.8) is 0 Å². The van der Waals surface area contributed by atoms with E-state index in [0.29, 0.717) is 11.0 Å². The lowest BCUT2D eigenvalue weighted by molar-refractivity contribution is -0.117. The van der Waals surface area contributed by atoms with Crippen molar-refractivity contribution in [1.29, 1.82) is 0 Å². The summed E-state index contributed by atoms with van der Waals surface area (Å²) in [5.41, 5.74) is 2.66. The zero-order valence-electron chi connectivity index (χ0n) is 9.19. The van der Waals surface area contributed by atoms with E-state index in [-0.39, 0.29) is 5.25 Å². The average molecular weight is 220 g/mol. The smallest absolute Gasteiger partial charge is 0.146 e. The number of aryl methyl sites for hydroxylation is 1. The molecule has 1 aliphatic heterocycles. The Morgan fingerprint density at radius 1 is 1.47 bits per heavy atom. The Kier molecular flexibility index (Phi) is 3.15. The fraction of sp³-hybridized carbons (Fsp3) is 0.462. The Hall–Kier alpha value is -0.760. The van der Waals surface area contributed by atoms with Gasteiger partial charge in [-0.2, -0.15) is 0 Å². The molecule has 2 rings (SSSR count). The van der Waals surface area contributed by atoms with E-state index in [1.54, 1.807) is 0 Å². The van der Waals surface area contributed by atoms with Crippen LogP contribution in [0.4, 0.5) is 0 Å². The molecule has 0 aliphatic carbocycles. The van der Waals surface area contributed by atoms with Gasteiger partial charge in [0.1, 0.15) is 5.78 Å². The monoisotopic (exact) mass is 220 g/mol. The van der Waals surface area contributed by atoms with Crippen LogP contribution in [0, 0.1) is 6.92 Å². The van der Waals surface area contributed by atoms with Gasteiger partial charge in [0.2, 0.25) is 0 Å². The van der Waals surface area contributed by atoms with Crippen LogP contribution in [0.5, 0.6) is 0 Å². The Morgan fingerprint density at radius 2 is 2.27 bits per heavy atom. The van der Waals surface area contributed by atoms with E-state index < -0.39 is 0 Å². The van der Waals surface area contributed by atoms with Gasteiger partial charge in [-0.1, -0.05) is 29.8 Å². The molecule has 1 fully saturated rings. The molecule has 0 radical (unpaired) electrons. The molecule has 0 spiro atoms. The number of carbonyl (C=O) groups is 1. The molecule has 0 bridgehead atoms. The molecule has 0 amide bonds. The van der Waals surface area contributed by atoms with Gasteiger partial charge in [-0.05, 0) is 25.8 Å². The van der Waals surface area contributed by atoms with E-state index in [4.69, 9.17) is 0 Å². The van der Waals surface area contributed by atoms with Gasteiger partial charge in [0.15, 0.2) is 0 Å². The van der Waals surface area contributed by atoms with E-state index in [2.05, 4.69) is 31.2 Å². The molecule has 0 aromatic heterocycles. The van der Waals surface area contributed by atoms with E-state index in [1.165, 1.54) is 11.1 Å². The first-order valence-corrected chi connectivity index (χ1v) is 6.33. The quantitative estimate of drug-likeness (QED) is 0.762. The minimum atomic E-state index is 0.208. The summed E-state index contributed by atoms with van der Waals surface area (Å²) in [4.78, 5) is 11.4. The zero-order valence-corrected chi connectivity index (χ0v) is 10.0. The summed E-state index contributed by atoms with van der Waals surface area (Å²) in [7, 11) is 0. The highest BCUT2D eigenvalue weighted by molar-refractivity contribution is 8.01. The van der Waals surface area contributed by atoms with Crippen LogP contribution in [0.2, 0.25) is 0 Å². The third kappa shape index (κ3) is 2.63. The van der Waals surface area contributed by atoms with Gasteiger partial charge in [0, 0.05) is 11.7 Å². The first-order chi connectivity index (χ1) is 7.15. The molecular weight excluding hydrogens is 204 g/mol. The summed E-state index contributed by atoms with van der Waals surface area (Å²) >= 11 is 1.82. The molecule has 1 nitrogen and oxygen atoms in total. The summed E-state index contributed by atoms with van der Waals surface area (Å²) in [6.45, 7) is 4.13. The molecule has 80 valence electrons. The van der Waals surface area contributed by atoms with Gasteiger partial charge in [0.05, 0.1) is 5.25 Å². The largest absolute Gasteiger partial charge is 0.298 e. The van der Waals surface area contributed by atoms with Crippen molar-refractivity contribution in [2.75, 3.05) is 0 Å². The second-order valence-electron chi connectivity index (χ2n) is 4.26. The van der Waals surface area contributed by atoms with Crippen LogP contribution >= 0.6 is 11.8 Å². The molecule has 1 aromatic rings. The number of carbonyl (C=O) groups excluding carboxylic acids is 1. The number of hydrogen-bond donors (Lipinski definition) is 0. The number of benzene rings is 1. The minimum Gasteiger partial charge on any atom is -0.298 e. The summed E-state index contributed by atoms with van der Waals surface area (Å²) in [6, 6.07) is 8.57. The van der Waals surface area contributed by atoms with E-state index in [9.17, 15) is 4.79 Å². The molecule has 1 heterocycles. The van der Waals surface area contributed by atoms with Crippen LogP contribution in [0.25, 0.3) is 0 Å². The fourth-order valence-electron chi connectivity index (χ4n) is 2.03. The van der Waals surface area contributed by atoms with Crippen LogP contribution < -0.4 is 0 Å². The molecule has 0 saturated carbocycles. The van der Waals surface area contributed by atoms with Crippen LogP contribution in [-0.4, -0.2) is 16.3 Å². The van der Waals surface area contributed by atoms with Crippen molar-refractivity contribution < 1.29 is 4.79 Å². The molecule has 2 atom stereocenters. The number of ketones is 1. The summed E-state index contributed by atoms with van der Waals surface area (Å²) in [6.07, 6.45) is 1.78. The topological polar surface area (TPSA) is 17.1 Å². The molecule has 2 heteroatoms. The van der Waals surface area contributed by atoms with Gasteiger partial charge in [0.25, 0.3) is 0 Å². The fourth-order valence-corrected chi connectivity index (χ4v) is 3.40. The first-order valence-electron chi connectivity index (χ1n) is 5.39. The van der Waals surface area contributed by atoms with Gasteiger partial charge in [-0.3, -0.25) is 4.79 Å². The highest BCUT2D eigenvalue weighted by Gasteiger charge is 2.29. The van der Waals surface area contributed by atoms with Crippen molar-refractivity contribution in [3.8, 4) is 0 Å². The molecule has 1 aliphatic rings. The van der Waals surface area contributed by atoms with Crippen LogP contribution in [0.1, 0.15) is 24.5 Å². The second-order valence-corrected chi connectivity index (χ2v) is 5.91. The number of hydrogen-bond acceptors (Lipinski definition) is 2. The Labute approximate surface area is 95.3 Å². The number of thioether (sulfide) groups is 1. The third-order valence-electron chi connectivity index (χ3n) is 2.82.